The topological polar surface area (TPSA) is 51.2 Å². The van der Waals surface area contributed by atoms with Gasteiger partial charge in [0.15, 0.2) is 0 Å². The van der Waals surface area contributed by atoms with Crippen molar-refractivity contribution < 1.29 is 9.53 Å². The molecule has 0 spiro atoms. The fourth-order valence-corrected chi connectivity index (χ4v) is 1.83. The van der Waals surface area contributed by atoms with E-state index in [2.05, 4.69) is 17.2 Å². The highest BCUT2D eigenvalue weighted by molar-refractivity contribution is 5.75. The molecule has 0 radical (unpaired) electrons. The summed E-state index contributed by atoms with van der Waals surface area (Å²) in [5.41, 5.74) is 1.07. The Balaban J connectivity index is 2.63. The predicted molar refractivity (Wildman–Crippen MR) is 71.1 cm³/mol. The van der Waals surface area contributed by atoms with E-state index in [-0.39, 0.29) is 18.1 Å². The molecule has 0 aliphatic carbocycles. The van der Waals surface area contributed by atoms with Crippen LogP contribution in [0.5, 0.6) is 0 Å². The van der Waals surface area contributed by atoms with E-state index in [1.54, 1.807) is 6.20 Å². The van der Waals surface area contributed by atoms with Gasteiger partial charge in [-0.15, -0.1) is 0 Å². The van der Waals surface area contributed by atoms with E-state index in [1.807, 2.05) is 32.2 Å². The lowest BCUT2D eigenvalue weighted by Gasteiger charge is -2.21. The summed E-state index contributed by atoms with van der Waals surface area (Å²) in [6.45, 7) is 6.33. The Hall–Kier alpha value is -1.42. The minimum absolute atomic E-state index is 0.0830. The number of hydrogen-bond acceptors (Lipinski definition) is 4. The SMILES string of the molecule is CCCC(N[C@H](C)c1cccnc1)C(=O)OCC. The van der Waals surface area contributed by atoms with Crippen molar-refractivity contribution in [2.24, 2.45) is 0 Å². The van der Waals surface area contributed by atoms with E-state index in [0.29, 0.717) is 6.61 Å². The molecule has 0 saturated carbocycles. The fourth-order valence-electron chi connectivity index (χ4n) is 1.83. The summed E-state index contributed by atoms with van der Waals surface area (Å²) in [5.74, 6) is -0.171. The lowest BCUT2D eigenvalue weighted by atomic mass is 10.1. The Morgan fingerprint density at radius 3 is 2.83 bits per heavy atom. The molecule has 1 N–H and O–H groups in total. The summed E-state index contributed by atoms with van der Waals surface area (Å²) in [6.07, 6.45) is 5.27. The molecule has 0 aliphatic rings. The highest BCUT2D eigenvalue weighted by Gasteiger charge is 2.21. The van der Waals surface area contributed by atoms with Crippen LogP contribution in [-0.4, -0.2) is 23.6 Å². The van der Waals surface area contributed by atoms with Crippen molar-refractivity contribution in [2.45, 2.75) is 45.7 Å². The molecule has 0 amide bonds. The van der Waals surface area contributed by atoms with Crippen LogP contribution in [0.4, 0.5) is 0 Å². The Morgan fingerprint density at radius 1 is 1.50 bits per heavy atom. The number of ether oxygens (including phenoxy) is 1. The molecule has 1 aromatic rings. The van der Waals surface area contributed by atoms with E-state index in [1.165, 1.54) is 0 Å². The van der Waals surface area contributed by atoms with E-state index in [4.69, 9.17) is 4.74 Å². The normalized spacial score (nSPS) is 13.9. The van der Waals surface area contributed by atoms with Gasteiger partial charge >= 0.3 is 5.97 Å². The first-order chi connectivity index (χ1) is 8.69. The summed E-state index contributed by atoms with van der Waals surface area (Å²) >= 11 is 0. The van der Waals surface area contributed by atoms with Crippen LogP contribution in [0, 0.1) is 0 Å². The summed E-state index contributed by atoms with van der Waals surface area (Å²) in [4.78, 5) is 15.9. The Bertz CT molecular complexity index is 354. The van der Waals surface area contributed by atoms with Crippen molar-refractivity contribution >= 4 is 5.97 Å². The molecule has 0 aliphatic heterocycles. The molecule has 100 valence electrons. The van der Waals surface area contributed by atoms with Crippen LogP contribution in [0.15, 0.2) is 24.5 Å². The number of carbonyl (C=O) groups excluding carboxylic acids is 1. The molecule has 4 heteroatoms. The van der Waals surface area contributed by atoms with Gasteiger partial charge < -0.3 is 4.74 Å². The maximum atomic E-state index is 11.8. The first-order valence-electron chi connectivity index (χ1n) is 6.51. The molecular formula is C14H22N2O2. The van der Waals surface area contributed by atoms with E-state index in [0.717, 1.165) is 18.4 Å². The summed E-state index contributed by atoms with van der Waals surface area (Å²) in [5, 5.41) is 3.30. The predicted octanol–water partition coefficient (Wildman–Crippen LogP) is 2.46. The second-order valence-corrected chi connectivity index (χ2v) is 4.27. The molecular weight excluding hydrogens is 228 g/mol. The fraction of sp³-hybridized carbons (Fsp3) is 0.571. The van der Waals surface area contributed by atoms with Crippen molar-refractivity contribution in [3.8, 4) is 0 Å². The number of esters is 1. The van der Waals surface area contributed by atoms with Gasteiger partial charge in [-0.05, 0) is 31.9 Å². The van der Waals surface area contributed by atoms with Crippen LogP contribution in [0.2, 0.25) is 0 Å². The second-order valence-electron chi connectivity index (χ2n) is 4.27. The standard InChI is InChI=1S/C14H22N2O2/c1-4-7-13(14(17)18-5-2)16-11(3)12-8-6-9-15-10-12/h6,8-11,13,16H,4-5,7H2,1-3H3/t11-,13?/m1/s1. The highest BCUT2D eigenvalue weighted by Crippen LogP contribution is 2.13. The number of aromatic nitrogens is 1. The van der Waals surface area contributed by atoms with Crippen LogP contribution in [0.25, 0.3) is 0 Å². The molecule has 0 bridgehead atoms. The van der Waals surface area contributed by atoms with Gasteiger partial charge in [-0.2, -0.15) is 0 Å². The van der Waals surface area contributed by atoms with Gasteiger partial charge in [0.2, 0.25) is 0 Å². The van der Waals surface area contributed by atoms with E-state index < -0.39 is 0 Å². The van der Waals surface area contributed by atoms with Crippen molar-refractivity contribution in [3.63, 3.8) is 0 Å². The average molecular weight is 250 g/mol. The Morgan fingerprint density at radius 2 is 2.28 bits per heavy atom. The molecule has 1 heterocycles. The smallest absolute Gasteiger partial charge is 0.323 e. The average Bonchev–Trinajstić information content (AvgIpc) is 2.39. The maximum Gasteiger partial charge on any atom is 0.323 e. The van der Waals surface area contributed by atoms with Crippen molar-refractivity contribution in [1.82, 2.24) is 10.3 Å². The van der Waals surface area contributed by atoms with Gasteiger partial charge in [0, 0.05) is 18.4 Å². The summed E-state index contributed by atoms with van der Waals surface area (Å²) in [6, 6.07) is 3.73. The largest absolute Gasteiger partial charge is 0.465 e. The zero-order valence-corrected chi connectivity index (χ0v) is 11.3. The minimum Gasteiger partial charge on any atom is -0.465 e. The lowest BCUT2D eigenvalue weighted by Crippen LogP contribution is -2.39. The van der Waals surface area contributed by atoms with Gasteiger partial charge in [-0.25, -0.2) is 0 Å². The van der Waals surface area contributed by atoms with Crippen molar-refractivity contribution in [3.05, 3.63) is 30.1 Å². The zero-order valence-electron chi connectivity index (χ0n) is 11.3. The third-order valence-electron chi connectivity index (χ3n) is 2.78. The molecule has 1 rings (SSSR count). The number of rotatable bonds is 7. The number of nitrogens with one attached hydrogen (secondary N) is 1. The molecule has 2 atom stereocenters. The Labute approximate surface area is 109 Å². The number of nitrogens with zero attached hydrogens (tertiary/aromatic N) is 1. The first-order valence-corrected chi connectivity index (χ1v) is 6.51. The Kier molecular flexibility index (Phi) is 6.36. The monoisotopic (exact) mass is 250 g/mol. The number of pyridine rings is 1. The van der Waals surface area contributed by atoms with Crippen LogP contribution in [-0.2, 0) is 9.53 Å². The number of hydrogen-bond donors (Lipinski definition) is 1. The molecule has 1 aromatic heterocycles. The maximum absolute atomic E-state index is 11.8. The molecule has 18 heavy (non-hydrogen) atoms. The van der Waals surface area contributed by atoms with Gasteiger partial charge in [-0.3, -0.25) is 15.1 Å². The molecule has 1 unspecified atom stereocenters. The van der Waals surface area contributed by atoms with E-state index >= 15 is 0 Å². The van der Waals surface area contributed by atoms with Crippen LogP contribution >= 0.6 is 0 Å². The third-order valence-corrected chi connectivity index (χ3v) is 2.78. The van der Waals surface area contributed by atoms with Gasteiger partial charge in [-0.1, -0.05) is 19.4 Å². The highest BCUT2D eigenvalue weighted by atomic mass is 16.5. The third kappa shape index (κ3) is 4.45. The zero-order chi connectivity index (χ0) is 13.4. The van der Waals surface area contributed by atoms with Gasteiger partial charge in [0.25, 0.3) is 0 Å². The lowest BCUT2D eigenvalue weighted by molar-refractivity contribution is -0.146. The number of carbonyl (C=O) groups is 1. The first kappa shape index (κ1) is 14.6. The summed E-state index contributed by atoms with van der Waals surface area (Å²) in [7, 11) is 0. The molecule has 0 saturated heterocycles. The van der Waals surface area contributed by atoms with Crippen LogP contribution in [0.3, 0.4) is 0 Å². The van der Waals surface area contributed by atoms with Crippen LogP contribution in [0.1, 0.15) is 45.2 Å². The van der Waals surface area contributed by atoms with Crippen LogP contribution < -0.4 is 5.32 Å². The molecule has 4 nitrogen and oxygen atoms in total. The van der Waals surface area contributed by atoms with Gasteiger partial charge in [0.1, 0.15) is 6.04 Å². The quantitative estimate of drug-likeness (QED) is 0.755. The van der Waals surface area contributed by atoms with Crippen molar-refractivity contribution in [2.75, 3.05) is 6.61 Å². The minimum atomic E-state index is -0.245. The molecule has 0 fully saturated rings. The van der Waals surface area contributed by atoms with Gasteiger partial charge in [0.05, 0.1) is 6.61 Å². The summed E-state index contributed by atoms with van der Waals surface area (Å²) < 4.78 is 5.08. The molecule has 0 aromatic carbocycles. The van der Waals surface area contributed by atoms with Crippen molar-refractivity contribution in [1.29, 1.82) is 0 Å². The van der Waals surface area contributed by atoms with E-state index in [9.17, 15) is 4.79 Å². The second kappa shape index (κ2) is 7.82.